The fourth-order valence-corrected chi connectivity index (χ4v) is 7.29. The first-order chi connectivity index (χ1) is 19.5. The topological polar surface area (TPSA) is 126 Å². The second-order valence-electron chi connectivity index (χ2n) is 10.3. The minimum atomic E-state index is -1.81. The number of hydrogen-bond donors (Lipinski definition) is 0. The summed E-state index contributed by atoms with van der Waals surface area (Å²) in [6.45, 7) is 2.45. The first-order valence-electron chi connectivity index (χ1n) is 13.8. The molecular weight excluding hydrogens is 520 g/mol. The summed E-state index contributed by atoms with van der Waals surface area (Å²) in [6.07, 6.45) is 9.90. The van der Waals surface area contributed by atoms with Crippen molar-refractivity contribution in [3.63, 3.8) is 0 Å². The number of imide groups is 1. The van der Waals surface area contributed by atoms with Crippen LogP contribution in [-0.2, 0) is 10.8 Å². The van der Waals surface area contributed by atoms with Crippen LogP contribution in [0.15, 0.2) is 40.1 Å². The zero-order valence-electron chi connectivity index (χ0n) is 22.4. The molecule has 40 heavy (non-hydrogen) atoms. The molecule has 3 aromatic rings. The van der Waals surface area contributed by atoms with Gasteiger partial charge < -0.3 is 0 Å². The summed E-state index contributed by atoms with van der Waals surface area (Å²) in [5.74, 6) is -0.976. The number of carbonyl (C=O) groups excluding carboxylic acids is 2. The Kier molecular flexibility index (Phi) is 7.78. The third-order valence-corrected chi connectivity index (χ3v) is 9.35. The Labute approximate surface area is 236 Å². The van der Waals surface area contributed by atoms with Crippen LogP contribution in [-0.4, -0.2) is 27.5 Å². The van der Waals surface area contributed by atoms with Crippen LogP contribution in [0.1, 0.15) is 102 Å². The van der Waals surface area contributed by atoms with Gasteiger partial charge in [0.1, 0.15) is 6.07 Å². The van der Waals surface area contributed by atoms with Crippen molar-refractivity contribution in [1.29, 1.82) is 15.8 Å². The maximum absolute atomic E-state index is 13.7. The van der Waals surface area contributed by atoms with Gasteiger partial charge in [-0.05, 0) is 36.8 Å². The summed E-state index contributed by atoms with van der Waals surface area (Å²) in [4.78, 5) is 29.1. The van der Waals surface area contributed by atoms with Crippen LogP contribution in [0.2, 0.25) is 0 Å². The minimum Gasteiger partial charge on any atom is -0.274 e. The van der Waals surface area contributed by atoms with Gasteiger partial charge in [0.15, 0.2) is 0 Å². The lowest BCUT2D eigenvalue weighted by molar-refractivity contribution is 0.0607. The lowest BCUT2D eigenvalue weighted by atomic mass is 9.84. The van der Waals surface area contributed by atoms with Crippen LogP contribution in [0.4, 0.5) is 0 Å². The van der Waals surface area contributed by atoms with E-state index in [0.29, 0.717) is 38.8 Å². The third kappa shape index (κ3) is 4.47. The van der Waals surface area contributed by atoms with E-state index in [1.54, 1.807) is 18.2 Å². The molecule has 5 rings (SSSR count). The maximum atomic E-state index is 13.7. The quantitative estimate of drug-likeness (QED) is 0.160. The molecule has 0 aliphatic carbocycles. The maximum Gasteiger partial charge on any atom is 0.261 e. The zero-order valence-corrected chi connectivity index (χ0v) is 23.2. The number of unbranched alkanes of at least 4 members (excludes halogenated alkanes) is 8. The molecule has 2 amide bonds. The molecule has 2 aliphatic rings. The number of rotatable bonds is 10. The van der Waals surface area contributed by atoms with Crippen molar-refractivity contribution in [1.82, 2.24) is 4.90 Å². The predicted molar refractivity (Wildman–Crippen MR) is 151 cm³/mol. The summed E-state index contributed by atoms with van der Waals surface area (Å²) in [5, 5.41) is 30.2. The Hall–Kier alpha value is -4.32. The molecular formula is C32H28N4O3S. The summed E-state index contributed by atoms with van der Waals surface area (Å²) in [7, 11) is -1.81. The number of nitrogens with zero attached hydrogens (tertiary/aromatic N) is 4. The number of benzene rings is 3. The van der Waals surface area contributed by atoms with Crippen molar-refractivity contribution in [2.45, 2.75) is 74.5 Å². The van der Waals surface area contributed by atoms with Crippen molar-refractivity contribution < 1.29 is 13.8 Å². The monoisotopic (exact) mass is 548 g/mol. The van der Waals surface area contributed by atoms with Crippen molar-refractivity contribution in [2.24, 2.45) is 0 Å². The smallest absolute Gasteiger partial charge is 0.261 e. The Morgan fingerprint density at radius 1 is 0.725 bits per heavy atom. The highest BCUT2D eigenvalue weighted by Gasteiger charge is 2.39. The molecule has 0 bridgehead atoms. The van der Waals surface area contributed by atoms with Crippen molar-refractivity contribution >= 4 is 33.4 Å². The van der Waals surface area contributed by atoms with Gasteiger partial charge in [-0.3, -0.25) is 14.5 Å². The van der Waals surface area contributed by atoms with E-state index in [0.717, 1.165) is 19.3 Å². The number of nitriles is 3. The van der Waals surface area contributed by atoms with Gasteiger partial charge in [-0.1, -0.05) is 58.3 Å². The van der Waals surface area contributed by atoms with Gasteiger partial charge in [0.2, 0.25) is 0 Å². The van der Waals surface area contributed by atoms with E-state index in [4.69, 9.17) is 0 Å². The van der Waals surface area contributed by atoms with Crippen molar-refractivity contribution in [3.05, 3.63) is 58.1 Å². The molecule has 0 aromatic heterocycles. The average molecular weight is 549 g/mol. The number of fused-ring (bicyclic) bond motifs is 2. The Balaban J connectivity index is 1.54. The van der Waals surface area contributed by atoms with Crippen LogP contribution in [0.5, 0.6) is 0 Å². The normalized spacial score (nSPS) is 14.9. The molecule has 0 N–H and O–H groups in total. The van der Waals surface area contributed by atoms with Gasteiger partial charge in [-0.2, -0.15) is 15.8 Å². The Bertz CT molecular complexity index is 1700. The fourth-order valence-electron chi connectivity index (χ4n) is 5.82. The van der Waals surface area contributed by atoms with E-state index in [2.05, 4.69) is 25.1 Å². The molecule has 0 fully saturated rings. The number of hydrogen-bond acceptors (Lipinski definition) is 6. The molecule has 7 nitrogen and oxygen atoms in total. The van der Waals surface area contributed by atoms with E-state index in [9.17, 15) is 29.6 Å². The zero-order chi connectivity index (χ0) is 28.4. The SMILES string of the molecule is CCCCCCCCCCCN1C(=O)c2cc(C#N)c3c4c(c(C#N)cc(c24)C1=O)S(=O)c1ccc(C#N)cc1-3. The molecule has 0 saturated heterocycles. The van der Waals surface area contributed by atoms with Crippen LogP contribution in [0.3, 0.4) is 0 Å². The van der Waals surface area contributed by atoms with Gasteiger partial charge in [-0.25, -0.2) is 4.21 Å². The van der Waals surface area contributed by atoms with E-state index in [1.807, 2.05) is 0 Å². The summed E-state index contributed by atoms with van der Waals surface area (Å²) in [5.41, 5.74) is 1.79. The molecule has 8 heteroatoms. The fraction of sp³-hybridized carbons (Fsp3) is 0.344. The molecule has 0 radical (unpaired) electrons. The van der Waals surface area contributed by atoms with E-state index < -0.39 is 22.6 Å². The molecule has 1 unspecified atom stereocenters. The highest BCUT2D eigenvalue weighted by molar-refractivity contribution is 7.85. The van der Waals surface area contributed by atoms with Gasteiger partial charge >= 0.3 is 0 Å². The van der Waals surface area contributed by atoms with Gasteiger partial charge in [0.25, 0.3) is 11.8 Å². The number of amides is 2. The molecule has 200 valence electrons. The molecule has 0 spiro atoms. The van der Waals surface area contributed by atoms with E-state index >= 15 is 0 Å². The van der Waals surface area contributed by atoms with Gasteiger partial charge in [-0.15, -0.1) is 0 Å². The van der Waals surface area contributed by atoms with Crippen LogP contribution < -0.4 is 0 Å². The Morgan fingerprint density at radius 3 is 1.93 bits per heavy atom. The first kappa shape index (κ1) is 27.3. The summed E-state index contributed by atoms with van der Waals surface area (Å²) < 4.78 is 13.7. The van der Waals surface area contributed by atoms with E-state index in [-0.39, 0.29) is 33.7 Å². The van der Waals surface area contributed by atoms with Crippen LogP contribution in [0, 0.1) is 34.0 Å². The highest BCUT2D eigenvalue weighted by atomic mass is 32.2. The third-order valence-electron chi connectivity index (χ3n) is 7.80. The van der Waals surface area contributed by atoms with Crippen LogP contribution in [0.25, 0.3) is 21.9 Å². The average Bonchev–Trinajstić information content (AvgIpc) is 2.98. The van der Waals surface area contributed by atoms with Crippen molar-refractivity contribution in [2.75, 3.05) is 6.54 Å². The number of carbonyl (C=O) groups is 2. The van der Waals surface area contributed by atoms with E-state index in [1.165, 1.54) is 49.1 Å². The molecule has 2 aliphatic heterocycles. The van der Waals surface area contributed by atoms with Gasteiger partial charge in [0, 0.05) is 28.4 Å². The Morgan fingerprint density at radius 2 is 1.32 bits per heavy atom. The molecule has 3 aromatic carbocycles. The minimum absolute atomic E-state index is 0.0730. The summed E-state index contributed by atoms with van der Waals surface area (Å²) in [6, 6.07) is 13.9. The molecule has 2 heterocycles. The van der Waals surface area contributed by atoms with Crippen LogP contribution >= 0.6 is 0 Å². The first-order valence-corrected chi connectivity index (χ1v) is 14.9. The van der Waals surface area contributed by atoms with Gasteiger partial charge in [0.05, 0.1) is 60.5 Å². The highest BCUT2D eigenvalue weighted by Crippen LogP contribution is 2.49. The predicted octanol–water partition coefficient (Wildman–Crippen LogP) is 6.73. The standard InChI is InChI=1S/C32H28N4O3S/c1-2-3-4-5-6-7-8-9-10-13-36-31(37)24-15-21(18-34)27-23-14-20(17-33)11-12-26(23)40(39)30-22(19-35)16-25(32(36)38)28(24)29(27)30/h11-12,14-16H,2-10,13H2,1H3. The lowest BCUT2D eigenvalue weighted by Gasteiger charge is -2.31. The molecule has 0 saturated carbocycles. The molecule has 1 atom stereocenters. The lowest BCUT2D eigenvalue weighted by Crippen LogP contribution is -2.41. The second-order valence-corrected chi connectivity index (χ2v) is 11.7. The van der Waals surface area contributed by atoms with Crippen molar-refractivity contribution in [3.8, 4) is 29.3 Å². The summed E-state index contributed by atoms with van der Waals surface area (Å²) >= 11 is 0. The largest absolute Gasteiger partial charge is 0.274 e. The second kappa shape index (κ2) is 11.4.